The van der Waals surface area contributed by atoms with Gasteiger partial charge in [-0.25, -0.2) is 0 Å². The third kappa shape index (κ3) is 4.57. The molecular formula is C17H35N. The Hall–Kier alpha value is -0.0400. The average Bonchev–Trinajstić information content (AvgIpc) is 2.35. The number of hydrogen-bond donors (Lipinski definition) is 0. The van der Waals surface area contributed by atoms with E-state index in [4.69, 9.17) is 0 Å². The fourth-order valence-electron chi connectivity index (χ4n) is 3.34. The van der Waals surface area contributed by atoms with E-state index in [0.29, 0.717) is 5.41 Å². The van der Waals surface area contributed by atoms with E-state index in [1.807, 2.05) is 0 Å². The molecule has 18 heavy (non-hydrogen) atoms. The van der Waals surface area contributed by atoms with E-state index in [0.717, 1.165) is 12.0 Å². The molecule has 1 saturated carbocycles. The molecule has 1 heteroatoms. The molecule has 0 unspecified atom stereocenters. The molecule has 0 amide bonds. The van der Waals surface area contributed by atoms with Gasteiger partial charge in [0.25, 0.3) is 0 Å². The molecule has 0 radical (unpaired) electrons. The first-order valence-electron chi connectivity index (χ1n) is 8.25. The smallest absolute Gasteiger partial charge is 0.0100 e. The van der Waals surface area contributed by atoms with Crippen LogP contribution in [0.1, 0.15) is 79.6 Å². The van der Waals surface area contributed by atoms with Crippen LogP contribution >= 0.6 is 0 Å². The van der Waals surface area contributed by atoms with E-state index < -0.39 is 0 Å². The molecule has 0 bridgehead atoms. The van der Waals surface area contributed by atoms with E-state index in [1.54, 1.807) is 0 Å². The highest BCUT2D eigenvalue weighted by Gasteiger charge is 2.36. The zero-order chi connectivity index (χ0) is 13.6. The summed E-state index contributed by atoms with van der Waals surface area (Å²) >= 11 is 0. The monoisotopic (exact) mass is 253 g/mol. The lowest BCUT2D eigenvalue weighted by molar-refractivity contribution is 0.0454. The van der Waals surface area contributed by atoms with Gasteiger partial charge in [-0.2, -0.15) is 0 Å². The van der Waals surface area contributed by atoms with Crippen molar-refractivity contribution in [3.05, 3.63) is 0 Å². The van der Waals surface area contributed by atoms with Crippen LogP contribution in [0.4, 0.5) is 0 Å². The predicted molar refractivity (Wildman–Crippen MR) is 82.0 cm³/mol. The molecule has 1 aliphatic carbocycles. The lowest BCUT2D eigenvalue weighted by Crippen LogP contribution is -2.45. The van der Waals surface area contributed by atoms with Crippen molar-refractivity contribution in [2.45, 2.75) is 85.6 Å². The van der Waals surface area contributed by atoms with E-state index in [-0.39, 0.29) is 0 Å². The van der Waals surface area contributed by atoms with Crippen molar-refractivity contribution in [1.29, 1.82) is 0 Å². The summed E-state index contributed by atoms with van der Waals surface area (Å²) in [4.78, 5) is 2.77. The van der Waals surface area contributed by atoms with Gasteiger partial charge in [0, 0.05) is 6.04 Å². The zero-order valence-electron chi connectivity index (χ0n) is 13.5. The van der Waals surface area contributed by atoms with Gasteiger partial charge in [-0.15, -0.1) is 0 Å². The maximum Gasteiger partial charge on any atom is 0.0100 e. The van der Waals surface area contributed by atoms with Gasteiger partial charge in [0.2, 0.25) is 0 Å². The second kappa shape index (κ2) is 7.53. The van der Waals surface area contributed by atoms with Crippen molar-refractivity contribution in [3.8, 4) is 0 Å². The van der Waals surface area contributed by atoms with Crippen LogP contribution in [0.5, 0.6) is 0 Å². The summed E-state index contributed by atoms with van der Waals surface area (Å²) in [6, 6.07) is 0.900. The van der Waals surface area contributed by atoms with Crippen LogP contribution in [0.25, 0.3) is 0 Å². The van der Waals surface area contributed by atoms with Crippen LogP contribution in [0.15, 0.2) is 0 Å². The minimum atomic E-state index is 0.570. The normalized spacial score (nSPS) is 32.5. The minimum Gasteiger partial charge on any atom is -0.300 e. The SMILES string of the molecule is CCC.C[C@H]1CC[C@H](N2CCCCC2)CC1(C)C. The molecule has 0 aromatic heterocycles. The van der Waals surface area contributed by atoms with Gasteiger partial charge in [0.15, 0.2) is 0 Å². The van der Waals surface area contributed by atoms with Gasteiger partial charge >= 0.3 is 0 Å². The van der Waals surface area contributed by atoms with Crippen molar-refractivity contribution in [3.63, 3.8) is 0 Å². The molecule has 1 aliphatic heterocycles. The summed E-state index contributed by atoms with van der Waals surface area (Å²) < 4.78 is 0. The predicted octanol–water partition coefficient (Wildman–Crippen LogP) is 5.10. The number of rotatable bonds is 1. The van der Waals surface area contributed by atoms with Gasteiger partial charge < -0.3 is 4.90 Å². The fraction of sp³-hybridized carbons (Fsp3) is 1.00. The fourth-order valence-corrected chi connectivity index (χ4v) is 3.34. The molecule has 2 fully saturated rings. The highest BCUT2D eigenvalue weighted by atomic mass is 15.2. The lowest BCUT2D eigenvalue weighted by atomic mass is 9.67. The van der Waals surface area contributed by atoms with E-state index in [9.17, 15) is 0 Å². The Bertz CT molecular complexity index is 216. The van der Waals surface area contributed by atoms with Crippen LogP contribution in [0, 0.1) is 11.3 Å². The molecule has 2 aliphatic rings. The molecule has 1 nitrogen and oxygen atoms in total. The van der Waals surface area contributed by atoms with E-state index >= 15 is 0 Å². The molecule has 1 heterocycles. The molecule has 0 spiro atoms. The largest absolute Gasteiger partial charge is 0.300 e. The second-order valence-corrected chi connectivity index (χ2v) is 7.13. The van der Waals surface area contributed by atoms with Crippen LogP contribution in [0.3, 0.4) is 0 Å². The van der Waals surface area contributed by atoms with Gasteiger partial charge in [-0.1, -0.05) is 47.5 Å². The van der Waals surface area contributed by atoms with E-state index in [2.05, 4.69) is 39.5 Å². The topological polar surface area (TPSA) is 3.24 Å². The Labute approximate surface area is 115 Å². The summed E-state index contributed by atoms with van der Waals surface area (Å²) in [5.41, 5.74) is 0.570. The van der Waals surface area contributed by atoms with Crippen LogP contribution in [-0.4, -0.2) is 24.0 Å². The Morgan fingerprint density at radius 1 is 1.00 bits per heavy atom. The van der Waals surface area contributed by atoms with Crippen LogP contribution < -0.4 is 0 Å². The summed E-state index contributed by atoms with van der Waals surface area (Å²) in [6.45, 7) is 14.4. The molecule has 0 aromatic rings. The lowest BCUT2D eigenvalue weighted by Gasteiger charge is -2.46. The highest BCUT2D eigenvalue weighted by molar-refractivity contribution is 4.89. The van der Waals surface area contributed by atoms with Gasteiger partial charge in [-0.05, 0) is 56.5 Å². The Morgan fingerprint density at radius 3 is 2.06 bits per heavy atom. The first kappa shape index (κ1) is 16.0. The van der Waals surface area contributed by atoms with Crippen molar-refractivity contribution >= 4 is 0 Å². The summed E-state index contributed by atoms with van der Waals surface area (Å²) in [6.07, 6.45) is 9.90. The van der Waals surface area contributed by atoms with Crippen LogP contribution in [0.2, 0.25) is 0 Å². The number of hydrogen-bond acceptors (Lipinski definition) is 1. The Morgan fingerprint density at radius 2 is 1.56 bits per heavy atom. The molecule has 0 aromatic carbocycles. The minimum absolute atomic E-state index is 0.570. The molecule has 0 N–H and O–H groups in total. The average molecular weight is 253 g/mol. The van der Waals surface area contributed by atoms with Crippen molar-refractivity contribution in [1.82, 2.24) is 4.90 Å². The number of piperidine rings is 1. The Balaban J connectivity index is 0.000000492. The first-order chi connectivity index (χ1) is 8.51. The van der Waals surface area contributed by atoms with Crippen molar-refractivity contribution < 1.29 is 0 Å². The van der Waals surface area contributed by atoms with Gasteiger partial charge in [0.05, 0.1) is 0 Å². The van der Waals surface area contributed by atoms with Crippen molar-refractivity contribution in [2.75, 3.05) is 13.1 Å². The van der Waals surface area contributed by atoms with Crippen molar-refractivity contribution in [2.24, 2.45) is 11.3 Å². The standard InChI is InChI=1S/C14H27N.C3H8/c1-12-7-8-13(11-14(12,2)3)15-9-5-4-6-10-15;1-3-2/h12-13H,4-11H2,1-3H3;3H2,1-2H3/t12-,13-;/m0./s1. The summed E-state index contributed by atoms with van der Waals surface area (Å²) in [5.74, 6) is 0.915. The molecule has 1 saturated heterocycles. The molecule has 108 valence electrons. The zero-order valence-corrected chi connectivity index (χ0v) is 13.5. The van der Waals surface area contributed by atoms with Gasteiger partial charge in [0.1, 0.15) is 0 Å². The maximum absolute atomic E-state index is 2.77. The first-order valence-corrected chi connectivity index (χ1v) is 8.25. The molecule has 2 atom stereocenters. The van der Waals surface area contributed by atoms with E-state index in [1.165, 1.54) is 58.0 Å². The number of nitrogens with zero attached hydrogens (tertiary/aromatic N) is 1. The summed E-state index contributed by atoms with van der Waals surface area (Å²) in [7, 11) is 0. The molecule has 2 rings (SSSR count). The quantitative estimate of drug-likeness (QED) is 0.628. The second-order valence-electron chi connectivity index (χ2n) is 7.13. The highest BCUT2D eigenvalue weighted by Crippen LogP contribution is 2.42. The third-order valence-corrected chi connectivity index (χ3v) is 4.94. The summed E-state index contributed by atoms with van der Waals surface area (Å²) in [5, 5.41) is 0. The third-order valence-electron chi connectivity index (χ3n) is 4.94. The number of likely N-dealkylation sites (tertiary alicyclic amines) is 1. The Kier molecular flexibility index (Phi) is 6.70. The van der Waals surface area contributed by atoms with Crippen LogP contribution in [-0.2, 0) is 0 Å². The maximum atomic E-state index is 2.77. The molecular weight excluding hydrogens is 218 g/mol. The van der Waals surface area contributed by atoms with Gasteiger partial charge in [-0.3, -0.25) is 0 Å².